The summed E-state index contributed by atoms with van der Waals surface area (Å²) >= 11 is 0. The summed E-state index contributed by atoms with van der Waals surface area (Å²) in [7, 11) is 0. The molecule has 1 aromatic rings. The van der Waals surface area contributed by atoms with Crippen LogP contribution in [0, 0.1) is 0 Å². The molecule has 1 amide bonds. The molecular weight excluding hydrogens is 206 g/mol. The van der Waals surface area contributed by atoms with Gasteiger partial charge in [-0.2, -0.15) is 0 Å². The molecular formula is C12H13NO3. The number of nitrogens with one attached hydrogen (secondary N) is 1. The number of carbonyl (C=O) groups is 1. The average molecular weight is 219 g/mol. The Morgan fingerprint density at radius 1 is 1.19 bits per heavy atom. The van der Waals surface area contributed by atoms with Gasteiger partial charge < -0.3 is 14.8 Å². The minimum absolute atomic E-state index is 0.125. The summed E-state index contributed by atoms with van der Waals surface area (Å²) in [6, 6.07) is 5.99. The number of benzene rings is 1. The predicted molar refractivity (Wildman–Crippen MR) is 57.5 cm³/mol. The van der Waals surface area contributed by atoms with Crippen LogP contribution in [0.5, 0.6) is 11.5 Å². The van der Waals surface area contributed by atoms with Crippen LogP contribution in [-0.4, -0.2) is 19.1 Å². The summed E-state index contributed by atoms with van der Waals surface area (Å²) in [5.74, 6) is 1.70. The zero-order valence-electron chi connectivity index (χ0n) is 8.86. The molecule has 0 bridgehead atoms. The van der Waals surface area contributed by atoms with Gasteiger partial charge >= 0.3 is 0 Å². The van der Waals surface area contributed by atoms with E-state index < -0.39 is 0 Å². The van der Waals surface area contributed by atoms with Crippen molar-refractivity contribution in [2.75, 3.05) is 13.2 Å². The second-order valence-electron chi connectivity index (χ2n) is 4.06. The lowest BCUT2D eigenvalue weighted by atomic mass is 10.0. The molecule has 84 valence electrons. The smallest absolute Gasteiger partial charge is 0.220 e. The van der Waals surface area contributed by atoms with Crippen molar-refractivity contribution in [3.8, 4) is 11.5 Å². The standard InChI is InChI=1S/C12H13NO3/c14-12-4-2-9(13-12)8-1-3-10-11(7-8)16-6-5-15-10/h1,3,7,9H,2,4-6H2,(H,13,14). The van der Waals surface area contributed by atoms with Crippen molar-refractivity contribution in [3.63, 3.8) is 0 Å². The van der Waals surface area contributed by atoms with E-state index in [4.69, 9.17) is 9.47 Å². The highest BCUT2D eigenvalue weighted by Crippen LogP contribution is 2.34. The number of amides is 1. The number of rotatable bonds is 1. The summed E-state index contributed by atoms with van der Waals surface area (Å²) in [5, 5.41) is 2.94. The van der Waals surface area contributed by atoms with E-state index in [0.717, 1.165) is 23.5 Å². The molecule has 0 aliphatic carbocycles. The highest BCUT2D eigenvalue weighted by Gasteiger charge is 2.23. The molecule has 0 radical (unpaired) electrons. The van der Waals surface area contributed by atoms with Gasteiger partial charge in [-0.1, -0.05) is 6.07 Å². The third-order valence-electron chi connectivity index (χ3n) is 2.96. The predicted octanol–water partition coefficient (Wildman–Crippen LogP) is 1.41. The Morgan fingerprint density at radius 3 is 2.75 bits per heavy atom. The Labute approximate surface area is 93.5 Å². The molecule has 4 heteroatoms. The van der Waals surface area contributed by atoms with Crippen LogP contribution in [0.1, 0.15) is 24.4 Å². The molecule has 2 aliphatic rings. The second kappa shape index (κ2) is 3.70. The van der Waals surface area contributed by atoms with E-state index in [1.54, 1.807) is 0 Å². The SMILES string of the molecule is O=C1CCC(c2ccc3c(c2)OCCO3)N1. The van der Waals surface area contributed by atoms with Gasteiger partial charge in [0.15, 0.2) is 11.5 Å². The van der Waals surface area contributed by atoms with Crippen LogP contribution in [-0.2, 0) is 4.79 Å². The molecule has 0 saturated carbocycles. The van der Waals surface area contributed by atoms with Gasteiger partial charge in [0.2, 0.25) is 5.91 Å². The van der Waals surface area contributed by atoms with Crippen LogP contribution in [0.2, 0.25) is 0 Å². The van der Waals surface area contributed by atoms with Crippen LogP contribution in [0.3, 0.4) is 0 Å². The maximum atomic E-state index is 11.1. The minimum atomic E-state index is 0.125. The molecule has 2 heterocycles. The van der Waals surface area contributed by atoms with Crippen LogP contribution in [0.25, 0.3) is 0 Å². The summed E-state index contributed by atoms with van der Waals surface area (Å²) in [4.78, 5) is 11.1. The van der Waals surface area contributed by atoms with Crippen molar-refractivity contribution in [2.24, 2.45) is 0 Å². The van der Waals surface area contributed by atoms with Gasteiger partial charge in [-0.15, -0.1) is 0 Å². The molecule has 3 rings (SSSR count). The Hall–Kier alpha value is -1.71. The van der Waals surface area contributed by atoms with E-state index in [1.807, 2.05) is 18.2 Å². The normalized spacial score (nSPS) is 23.0. The van der Waals surface area contributed by atoms with Crippen molar-refractivity contribution in [3.05, 3.63) is 23.8 Å². The molecule has 0 aromatic heterocycles. The fraction of sp³-hybridized carbons (Fsp3) is 0.417. The zero-order chi connectivity index (χ0) is 11.0. The molecule has 1 fully saturated rings. The van der Waals surface area contributed by atoms with Crippen molar-refractivity contribution in [1.29, 1.82) is 0 Å². The van der Waals surface area contributed by atoms with Gasteiger partial charge in [-0.05, 0) is 24.1 Å². The molecule has 0 spiro atoms. The summed E-state index contributed by atoms with van der Waals surface area (Å²) in [5.41, 5.74) is 1.09. The number of hydrogen-bond acceptors (Lipinski definition) is 3. The van der Waals surface area contributed by atoms with Crippen LogP contribution < -0.4 is 14.8 Å². The molecule has 1 saturated heterocycles. The van der Waals surface area contributed by atoms with Crippen molar-refractivity contribution in [2.45, 2.75) is 18.9 Å². The largest absolute Gasteiger partial charge is 0.486 e. The zero-order valence-corrected chi connectivity index (χ0v) is 8.86. The van der Waals surface area contributed by atoms with E-state index in [2.05, 4.69) is 5.32 Å². The van der Waals surface area contributed by atoms with E-state index in [9.17, 15) is 4.79 Å². The first-order chi connectivity index (χ1) is 7.83. The molecule has 1 N–H and O–H groups in total. The second-order valence-corrected chi connectivity index (χ2v) is 4.06. The van der Waals surface area contributed by atoms with Crippen molar-refractivity contribution in [1.82, 2.24) is 5.32 Å². The number of ether oxygens (including phenoxy) is 2. The van der Waals surface area contributed by atoms with Crippen LogP contribution in [0.15, 0.2) is 18.2 Å². The minimum Gasteiger partial charge on any atom is -0.486 e. The van der Waals surface area contributed by atoms with E-state index in [0.29, 0.717) is 19.6 Å². The van der Waals surface area contributed by atoms with Gasteiger partial charge in [0, 0.05) is 6.42 Å². The van der Waals surface area contributed by atoms with Gasteiger partial charge in [-0.3, -0.25) is 4.79 Å². The third kappa shape index (κ3) is 1.60. The Bertz CT molecular complexity index is 430. The van der Waals surface area contributed by atoms with Gasteiger partial charge in [0.1, 0.15) is 13.2 Å². The van der Waals surface area contributed by atoms with E-state index in [-0.39, 0.29) is 11.9 Å². The number of fused-ring (bicyclic) bond motifs is 1. The first kappa shape index (κ1) is 9.51. The fourth-order valence-corrected chi connectivity index (χ4v) is 2.14. The van der Waals surface area contributed by atoms with E-state index >= 15 is 0 Å². The highest BCUT2D eigenvalue weighted by molar-refractivity contribution is 5.78. The van der Waals surface area contributed by atoms with Gasteiger partial charge in [0.25, 0.3) is 0 Å². The average Bonchev–Trinajstić information content (AvgIpc) is 2.75. The lowest BCUT2D eigenvalue weighted by Gasteiger charge is -2.20. The van der Waals surface area contributed by atoms with Crippen molar-refractivity contribution < 1.29 is 14.3 Å². The molecule has 16 heavy (non-hydrogen) atoms. The highest BCUT2D eigenvalue weighted by atomic mass is 16.6. The maximum Gasteiger partial charge on any atom is 0.220 e. The first-order valence-electron chi connectivity index (χ1n) is 5.52. The number of hydrogen-bond donors (Lipinski definition) is 1. The molecule has 1 aromatic carbocycles. The quantitative estimate of drug-likeness (QED) is 0.776. The topological polar surface area (TPSA) is 47.6 Å². The monoisotopic (exact) mass is 219 g/mol. The Balaban J connectivity index is 1.88. The number of carbonyl (C=O) groups excluding carboxylic acids is 1. The Morgan fingerprint density at radius 2 is 2.00 bits per heavy atom. The summed E-state index contributed by atoms with van der Waals surface area (Å²) in [6.45, 7) is 1.19. The maximum absolute atomic E-state index is 11.1. The summed E-state index contributed by atoms with van der Waals surface area (Å²) in [6.07, 6.45) is 1.47. The van der Waals surface area contributed by atoms with E-state index in [1.165, 1.54) is 0 Å². The fourth-order valence-electron chi connectivity index (χ4n) is 2.14. The van der Waals surface area contributed by atoms with Gasteiger partial charge in [0.05, 0.1) is 6.04 Å². The van der Waals surface area contributed by atoms with Crippen LogP contribution in [0.4, 0.5) is 0 Å². The van der Waals surface area contributed by atoms with Gasteiger partial charge in [-0.25, -0.2) is 0 Å². The summed E-state index contributed by atoms with van der Waals surface area (Å²) < 4.78 is 11.0. The van der Waals surface area contributed by atoms with Crippen molar-refractivity contribution >= 4 is 5.91 Å². The molecule has 1 unspecified atom stereocenters. The lowest BCUT2D eigenvalue weighted by Crippen LogP contribution is -2.19. The molecule has 2 aliphatic heterocycles. The third-order valence-corrected chi connectivity index (χ3v) is 2.96. The van der Waals surface area contributed by atoms with Crippen LogP contribution >= 0.6 is 0 Å². The molecule has 4 nitrogen and oxygen atoms in total. The molecule has 1 atom stereocenters. The first-order valence-corrected chi connectivity index (χ1v) is 5.52. The Kier molecular flexibility index (Phi) is 2.20. The lowest BCUT2D eigenvalue weighted by molar-refractivity contribution is -0.119.